The summed E-state index contributed by atoms with van der Waals surface area (Å²) >= 11 is 1.21. The maximum absolute atomic E-state index is 13.1. The highest BCUT2D eigenvalue weighted by Crippen LogP contribution is 2.32. The first kappa shape index (κ1) is 20.4. The first-order chi connectivity index (χ1) is 15.0. The van der Waals surface area contributed by atoms with Gasteiger partial charge >= 0.3 is 0 Å². The standard InChI is InChI=1S/C22H18N4O4S/c1-15-5-8-18(9-6-15)30-14-21(27)25(13-16-4-2-3-11-23-16)22-24-19-10-7-17(26(28)29)12-20(19)31-22/h2-12H,13-14H2,1H3. The second-order valence-electron chi connectivity index (χ2n) is 6.81. The molecule has 0 bridgehead atoms. The largest absolute Gasteiger partial charge is 0.484 e. The minimum absolute atomic E-state index is 0.0204. The topological polar surface area (TPSA) is 98.5 Å². The number of rotatable bonds is 7. The van der Waals surface area contributed by atoms with Crippen LogP contribution in [0.3, 0.4) is 0 Å². The lowest BCUT2D eigenvalue weighted by atomic mass is 10.2. The lowest BCUT2D eigenvalue weighted by Crippen LogP contribution is -2.34. The number of carbonyl (C=O) groups excluding carboxylic acids is 1. The van der Waals surface area contributed by atoms with E-state index in [-0.39, 0.29) is 24.7 Å². The number of nitro benzene ring substituents is 1. The fourth-order valence-electron chi connectivity index (χ4n) is 2.90. The predicted molar refractivity (Wildman–Crippen MR) is 118 cm³/mol. The summed E-state index contributed by atoms with van der Waals surface area (Å²) in [4.78, 5) is 34.0. The van der Waals surface area contributed by atoms with Crippen LogP contribution in [0.25, 0.3) is 10.2 Å². The molecule has 4 rings (SSSR count). The molecule has 0 aliphatic carbocycles. The molecule has 0 N–H and O–H groups in total. The molecule has 156 valence electrons. The van der Waals surface area contributed by atoms with Crippen molar-refractivity contribution in [1.29, 1.82) is 0 Å². The van der Waals surface area contributed by atoms with Crippen molar-refractivity contribution in [3.05, 3.63) is 88.2 Å². The first-order valence-electron chi connectivity index (χ1n) is 9.44. The molecular formula is C22H18N4O4S. The number of anilines is 1. The van der Waals surface area contributed by atoms with E-state index in [1.807, 2.05) is 43.3 Å². The average molecular weight is 434 g/mol. The maximum Gasteiger partial charge on any atom is 0.270 e. The Morgan fingerprint density at radius 1 is 1.16 bits per heavy atom. The quantitative estimate of drug-likeness (QED) is 0.313. The Morgan fingerprint density at radius 2 is 1.97 bits per heavy atom. The molecule has 0 saturated heterocycles. The highest BCUT2D eigenvalue weighted by atomic mass is 32.1. The molecule has 0 spiro atoms. The van der Waals surface area contributed by atoms with Gasteiger partial charge < -0.3 is 4.74 Å². The normalized spacial score (nSPS) is 10.7. The monoisotopic (exact) mass is 434 g/mol. The minimum atomic E-state index is -0.453. The predicted octanol–water partition coefficient (Wildman–Crippen LogP) is 4.52. The number of pyridine rings is 1. The molecule has 8 nitrogen and oxygen atoms in total. The molecule has 0 fully saturated rings. The molecule has 1 amide bonds. The number of aromatic nitrogens is 2. The number of fused-ring (bicyclic) bond motifs is 1. The summed E-state index contributed by atoms with van der Waals surface area (Å²) in [7, 11) is 0. The fourth-order valence-corrected chi connectivity index (χ4v) is 3.92. The van der Waals surface area contributed by atoms with Crippen LogP contribution in [0.5, 0.6) is 5.75 Å². The van der Waals surface area contributed by atoms with Crippen LogP contribution < -0.4 is 9.64 Å². The van der Waals surface area contributed by atoms with Crippen LogP contribution in [-0.2, 0) is 11.3 Å². The van der Waals surface area contributed by atoms with Gasteiger partial charge in [0.25, 0.3) is 11.6 Å². The van der Waals surface area contributed by atoms with Crippen molar-refractivity contribution in [2.24, 2.45) is 0 Å². The molecule has 0 aliphatic heterocycles. The van der Waals surface area contributed by atoms with Crippen molar-refractivity contribution < 1.29 is 14.5 Å². The van der Waals surface area contributed by atoms with E-state index in [0.29, 0.717) is 26.8 Å². The summed E-state index contributed by atoms with van der Waals surface area (Å²) in [5.74, 6) is 0.302. The maximum atomic E-state index is 13.1. The van der Waals surface area contributed by atoms with Crippen LogP contribution >= 0.6 is 11.3 Å². The average Bonchev–Trinajstić information content (AvgIpc) is 3.20. The summed E-state index contributed by atoms with van der Waals surface area (Å²) in [6, 6.07) is 17.3. The Kier molecular flexibility index (Phi) is 5.85. The van der Waals surface area contributed by atoms with Crippen LogP contribution in [0.15, 0.2) is 66.9 Å². The number of amides is 1. The second kappa shape index (κ2) is 8.88. The highest BCUT2D eigenvalue weighted by Gasteiger charge is 2.22. The molecule has 0 atom stereocenters. The highest BCUT2D eigenvalue weighted by molar-refractivity contribution is 7.22. The van der Waals surface area contributed by atoms with Crippen LogP contribution in [0, 0.1) is 17.0 Å². The molecule has 0 unspecified atom stereocenters. The molecule has 31 heavy (non-hydrogen) atoms. The van der Waals surface area contributed by atoms with Crippen LogP contribution in [-0.4, -0.2) is 27.4 Å². The Hall–Kier alpha value is -3.85. The number of hydrogen-bond acceptors (Lipinski definition) is 7. The van der Waals surface area contributed by atoms with Crippen LogP contribution in [0.4, 0.5) is 10.8 Å². The summed E-state index contributed by atoms with van der Waals surface area (Å²) in [5.41, 5.74) is 2.35. The molecule has 0 radical (unpaired) electrons. The zero-order chi connectivity index (χ0) is 21.8. The van der Waals surface area contributed by atoms with Gasteiger partial charge in [-0.15, -0.1) is 0 Å². The number of nitro groups is 1. The van der Waals surface area contributed by atoms with E-state index >= 15 is 0 Å². The third kappa shape index (κ3) is 4.84. The number of aryl methyl sites for hydroxylation is 1. The van der Waals surface area contributed by atoms with E-state index in [4.69, 9.17) is 4.74 Å². The Labute approximate surface area is 181 Å². The number of ether oxygens (including phenoxy) is 1. The number of carbonyl (C=O) groups is 1. The van der Waals surface area contributed by atoms with Gasteiger partial charge in [-0.25, -0.2) is 4.98 Å². The SMILES string of the molecule is Cc1ccc(OCC(=O)N(Cc2ccccn2)c2nc3ccc([N+](=O)[O-])cc3s2)cc1. The fraction of sp³-hybridized carbons (Fsp3) is 0.136. The van der Waals surface area contributed by atoms with E-state index in [9.17, 15) is 14.9 Å². The number of nitrogens with zero attached hydrogens (tertiary/aromatic N) is 4. The summed E-state index contributed by atoms with van der Waals surface area (Å²) in [5, 5.41) is 11.5. The first-order valence-corrected chi connectivity index (χ1v) is 10.3. The van der Waals surface area contributed by atoms with Gasteiger partial charge in [-0.05, 0) is 37.3 Å². The van der Waals surface area contributed by atoms with Gasteiger partial charge in [0.15, 0.2) is 11.7 Å². The molecule has 0 aliphatic rings. The third-order valence-corrected chi connectivity index (χ3v) is 5.57. The van der Waals surface area contributed by atoms with Crippen LogP contribution in [0.2, 0.25) is 0 Å². The number of non-ortho nitro benzene ring substituents is 1. The van der Waals surface area contributed by atoms with Crippen molar-refractivity contribution in [1.82, 2.24) is 9.97 Å². The van der Waals surface area contributed by atoms with E-state index in [1.165, 1.54) is 28.4 Å². The lowest BCUT2D eigenvalue weighted by molar-refractivity contribution is -0.384. The molecular weight excluding hydrogens is 416 g/mol. The van der Waals surface area contributed by atoms with Crippen LogP contribution in [0.1, 0.15) is 11.3 Å². The van der Waals surface area contributed by atoms with E-state index in [0.717, 1.165) is 5.56 Å². The van der Waals surface area contributed by atoms with Crippen molar-refractivity contribution in [2.75, 3.05) is 11.5 Å². The lowest BCUT2D eigenvalue weighted by Gasteiger charge is -2.19. The molecule has 2 aromatic carbocycles. The van der Waals surface area contributed by atoms with Crippen molar-refractivity contribution in [3.8, 4) is 5.75 Å². The molecule has 0 saturated carbocycles. The number of hydrogen-bond donors (Lipinski definition) is 0. The number of benzene rings is 2. The van der Waals surface area contributed by atoms with Gasteiger partial charge in [0, 0.05) is 18.3 Å². The molecule has 2 aromatic heterocycles. The van der Waals surface area contributed by atoms with E-state index < -0.39 is 4.92 Å². The summed E-state index contributed by atoms with van der Waals surface area (Å²) in [6.07, 6.45) is 1.66. The van der Waals surface area contributed by atoms with E-state index in [2.05, 4.69) is 9.97 Å². The Bertz CT molecular complexity index is 1230. The second-order valence-corrected chi connectivity index (χ2v) is 7.82. The molecule has 4 aromatic rings. The van der Waals surface area contributed by atoms with Gasteiger partial charge in [0.1, 0.15) is 5.75 Å². The molecule has 2 heterocycles. The van der Waals surface area contributed by atoms with E-state index in [1.54, 1.807) is 18.3 Å². The van der Waals surface area contributed by atoms with Gasteiger partial charge in [0.2, 0.25) is 0 Å². The van der Waals surface area contributed by atoms with Crippen molar-refractivity contribution in [3.63, 3.8) is 0 Å². The zero-order valence-corrected chi connectivity index (χ0v) is 17.4. The van der Waals surface area contributed by atoms with Crippen molar-refractivity contribution in [2.45, 2.75) is 13.5 Å². The number of thiazole rings is 1. The third-order valence-electron chi connectivity index (χ3n) is 4.53. The minimum Gasteiger partial charge on any atom is -0.484 e. The summed E-state index contributed by atoms with van der Waals surface area (Å²) < 4.78 is 6.29. The Balaban J connectivity index is 1.61. The Morgan fingerprint density at radius 3 is 2.68 bits per heavy atom. The summed E-state index contributed by atoms with van der Waals surface area (Å²) in [6.45, 7) is 2.01. The van der Waals surface area contributed by atoms with Gasteiger partial charge in [-0.3, -0.25) is 24.8 Å². The smallest absolute Gasteiger partial charge is 0.270 e. The van der Waals surface area contributed by atoms with Gasteiger partial charge in [0.05, 0.1) is 27.4 Å². The van der Waals surface area contributed by atoms with Gasteiger partial charge in [-0.1, -0.05) is 35.1 Å². The molecule has 9 heteroatoms. The van der Waals surface area contributed by atoms with Crippen molar-refractivity contribution >= 4 is 38.3 Å². The zero-order valence-electron chi connectivity index (χ0n) is 16.6. The van der Waals surface area contributed by atoms with Gasteiger partial charge in [-0.2, -0.15) is 0 Å².